The minimum atomic E-state index is -0.573. The van der Waals surface area contributed by atoms with Gasteiger partial charge >= 0.3 is 0 Å². The average molecular weight is 275 g/mol. The van der Waals surface area contributed by atoms with Gasteiger partial charge in [0.15, 0.2) is 0 Å². The first-order valence-electron chi connectivity index (χ1n) is 6.09. The molecule has 106 valence electrons. The van der Waals surface area contributed by atoms with E-state index in [1.165, 1.54) is 17.3 Å². The SMILES string of the molecule is CC(C)N(CC(N)=O)C(=O)c1cncc(C#CCO)c1. The molecule has 0 saturated heterocycles. The Balaban J connectivity index is 3.02. The molecule has 6 heteroatoms. The molecule has 3 N–H and O–H groups in total. The predicted molar refractivity (Wildman–Crippen MR) is 73.6 cm³/mol. The smallest absolute Gasteiger partial charge is 0.256 e. The minimum Gasteiger partial charge on any atom is -0.384 e. The average Bonchev–Trinajstić information content (AvgIpc) is 2.41. The molecule has 1 rings (SSSR count). The van der Waals surface area contributed by atoms with Gasteiger partial charge in [-0.3, -0.25) is 14.6 Å². The van der Waals surface area contributed by atoms with Gasteiger partial charge in [0.25, 0.3) is 5.91 Å². The molecule has 1 heterocycles. The van der Waals surface area contributed by atoms with Crippen LogP contribution in [0, 0.1) is 11.8 Å². The lowest BCUT2D eigenvalue weighted by Gasteiger charge is -2.25. The van der Waals surface area contributed by atoms with E-state index in [1.807, 2.05) is 0 Å². The molecule has 0 aromatic carbocycles. The van der Waals surface area contributed by atoms with Crippen LogP contribution < -0.4 is 5.73 Å². The van der Waals surface area contributed by atoms with Crippen LogP contribution in [0.15, 0.2) is 18.5 Å². The standard InChI is InChI=1S/C14H17N3O3/c1-10(2)17(9-13(15)19)14(20)12-6-11(4-3-5-18)7-16-8-12/h6-8,10,18H,5,9H2,1-2H3,(H2,15,19). The van der Waals surface area contributed by atoms with E-state index in [9.17, 15) is 9.59 Å². The van der Waals surface area contributed by atoms with Crippen molar-refractivity contribution < 1.29 is 14.7 Å². The minimum absolute atomic E-state index is 0.150. The molecule has 2 amide bonds. The van der Waals surface area contributed by atoms with Gasteiger partial charge in [-0.05, 0) is 19.9 Å². The Morgan fingerprint density at radius 3 is 2.70 bits per heavy atom. The van der Waals surface area contributed by atoms with E-state index >= 15 is 0 Å². The fourth-order valence-electron chi connectivity index (χ4n) is 1.59. The van der Waals surface area contributed by atoms with E-state index < -0.39 is 5.91 Å². The Hall–Kier alpha value is -2.39. The molecule has 20 heavy (non-hydrogen) atoms. The Bertz CT molecular complexity index is 558. The molecule has 0 radical (unpaired) electrons. The first-order valence-corrected chi connectivity index (χ1v) is 6.09. The number of hydrogen-bond acceptors (Lipinski definition) is 4. The number of aromatic nitrogens is 1. The number of carbonyl (C=O) groups is 2. The molecule has 0 aliphatic carbocycles. The molecule has 0 bridgehead atoms. The number of hydrogen-bond donors (Lipinski definition) is 2. The summed E-state index contributed by atoms with van der Waals surface area (Å²) in [6, 6.07) is 1.40. The first kappa shape index (κ1) is 15.7. The van der Waals surface area contributed by atoms with Crippen molar-refractivity contribution in [3.63, 3.8) is 0 Å². The molecule has 0 aliphatic rings. The highest BCUT2D eigenvalue weighted by molar-refractivity contribution is 5.96. The molecule has 0 aliphatic heterocycles. The number of carbonyl (C=O) groups excluding carboxylic acids is 2. The van der Waals surface area contributed by atoms with Crippen molar-refractivity contribution in [2.45, 2.75) is 19.9 Å². The number of primary amides is 1. The number of pyridine rings is 1. The molecule has 0 atom stereocenters. The normalized spacial score (nSPS) is 9.80. The van der Waals surface area contributed by atoms with Crippen molar-refractivity contribution in [2.75, 3.05) is 13.2 Å². The van der Waals surface area contributed by atoms with E-state index in [4.69, 9.17) is 10.8 Å². The molecule has 0 fully saturated rings. The largest absolute Gasteiger partial charge is 0.384 e. The summed E-state index contributed by atoms with van der Waals surface area (Å²) >= 11 is 0. The van der Waals surface area contributed by atoms with Crippen LogP contribution in [0.2, 0.25) is 0 Å². The van der Waals surface area contributed by atoms with Crippen LogP contribution in [-0.4, -0.2) is 46.0 Å². The van der Waals surface area contributed by atoms with E-state index in [1.54, 1.807) is 19.9 Å². The molecular weight excluding hydrogens is 258 g/mol. The van der Waals surface area contributed by atoms with Crippen LogP contribution in [0.4, 0.5) is 0 Å². The van der Waals surface area contributed by atoms with E-state index in [2.05, 4.69) is 16.8 Å². The third-order valence-electron chi connectivity index (χ3n) is 2.51. The van der Waals surface area contributed by atoms with Gasteiger partial charge in [0.2, 0.25) is 5.91 Å². The van der Waals surface area contributed by atoms with E-state index in [0.29, 0.717) is 11.1 Å². The number of aliphatic hydroxyl groups excluding tert-OH is 1. The molecule has 0 unspecified atom stereocenters. The zero-order chi connectivity index (χ0) is 15.1. The molecule has 6 nitrogen and oxygen atoms in total. The van der Waals surface area contributed by atoms with Gasteiger partial charge in [-0.1, -0.05) is 11.8 Å². The third-order valence-corrected chi connectivity index (χ3v) is 2.51. The Morgan fingerprint density at radius 2 is 2.15 bits per heavy atom. The predicted octanol–water partition coefficient (Wildman–Crippen LogP) is -0.239. The highest BCUT2D eigenvalue weighted by Gasteiger charge is 2.20. The molecular formula is C14H17N3O3. The summed E-state index contributed by atoms with van der Waals surface area (Å²) in [4.78, 5) is 28.6. The summed E-state index contributed by atoms with van der Waals surface area (Å²) in [6.07, 6.45) is 2.90. The van der Waals surface area contributed by atoms with Gasteiger partial charge in [0, 0.05) is 24.0 Å². The van der Waals surface area contributed by atoms with Gasteiger partial charge in [-0.2, -0.15) is 0 Å². The van der Waals surface area contributed by atoms with Crippen molar-refractivity contribution in [1.29, 1.82) is 0 Å². The van der Waals surface area contributed by atoms with Crippen molar-refractivity contribution in [2.24, 2.45) is 5.73 Å². The summed E-state index contributed by atoms with van der Waals surface area (Å²) in [5.41, 5.74) is 5.99. The maximum Gasteiger partial charge on any atom is 0.256 e. The lowest BCUT2D eigenvalue weighted by molar-refractivity contribution is -0.119. The summed E-state index contributed by atoms with van der Waals surface area (Å²) in [5, 5.41) is 8.65. The van der Waals surface area contributed by atoms with Gasteiger partial charge < -0.3 is 15.7 Å². The second-order valence-electron chi connectivity index (χ2n) is 4.42. The Kier molecular flexibility index (Phi) is 5.69. The fourth-order valence-corrected chi connectivity index (χ4v) is 1.59. The second kappa shape index (κ2) is 7.26. The number of nitrogens with zero attached hydrogens (tertiary/aromatic N) is 2. The quantitative estimate of drug-likeness (QED) is 0.741. The zero-order valence-corrected chi connectivity index (χ0v) is 11.5. The topological polar surface area (TPSA) is 96.5 Å². The van der Waals surface area contributed by atoms with Crippen LogP contribution in [0.3, 0.4) is 0 Å². The van der Waals surface area contributed by atoms with Gasteiger partial charge in [0.1, 0.15) is 6.61 Å². The lowest BCUT2D eigenvalue weighted by Crippen LogP contribution is -2.42. The first-order chi connectivity index (χ1) is 9.45. The lowest BCUT2D eigenvalue weighted by atomic mass is 10.1. The van der Waals surface area contributed by atoms with Gasteiger partial charge in [-0.25, -0.2) is 0 Å². The Labute approximate surface area is 117 Å². The highest BCUT2D eigenvalue weighted by atomic mass is 16.2. The number of rotatable bonds is 4. The summed E-state index contributed by atoms with van der Waals surface area (Å²) in [5.74, 6) is 4.25. The van der Waals surface area contributed by atoms with Crippen LogP contribution >= 0.6 is 0 Å². The number of aliphatic hydroxyl groups is 1. The zero-order valence-electron chi connectivity index (χ0n) is 11.5. The summed E-state index contributed by atoms with van der Waals surface area (Å²) in [6.45, 7) is 3.17. The van der Waals surface area contributed by atoms with Crippen LogP contribution in [0.1, 0.15) is 29.8 Å². The van der Waals surface area contributed by atoms with Crippen molar-refractivity contribution in [3.05, 3.63) is 29.6 Å². The van der Waals surface area contributed by atoms with Crippen LogP contribution in [0.25, 0.3) is 0 Å². The van der Waals surface area contributed by atoms with Crippen molar-refractivity contribution in [3.8, 4) is 11.8 Å². The van der Waals surface area contributed by atoms with Gasteiger partial charge in [-0.15, -0.1) is 0 Å². The van der Waals surface area contributed by atoms with Gasteiger partial charge in [0.05, 0.1) is 12.1 Å². The fraction of sp³-hybridized carbons (Fsp3) is 0.357. The third kappa shape index (κ3) is 4.37. The number of nitrogens with two attached hydrogens (primary N) is 1. The van der Waals surface area contributed by atoms with Crippen LogP contribution in [0.5, 0.6) is 0 Å². The maximum atomic E-state index is 12.3. The summed E-state index contributed by atoms with van der Waals surface area (Å²) in [7, 11) is 0. The van der Waals surface area contributed by atoms with Crippen LogP contribution in [-0.2, 0) is 4.79 Å². The summed E-state index contributed by atoms with van der Waals surface area (Å²) < 4.78 is 0. The van der Waals surface area contributed by atoms with E-state index in [0.717, 1.165) is 0 Å². The van der Waals surface area contributed by atoms with Crippen molar-refractivity contribution in [1.82, 2.24) is 9.88 Å². The second-order valence-corrected chi connectivity index (χ2v) is 4.42. The maximum absolute atomic E-state index is 12.3. The van der Waals surface area contributed by atoms with Crippen molar-refractivity contribution >= 4 is 11.8 Å². The number of amides is 2. The molecule has 1 aromatic heterocycles. The highest BCUT2D eigenvalue weighted by Crippen LogP contribution is 2.09. The molecule has 1 aromatic rings. The molecule has 0 saturated carbocycles. The molecule has 0 spiro atoms. The monoisotopic (exact) mass is 275 g/mol. The Morgan fingerprint density at radius 1 is 1.45 bits per heavy atom. The van der Waals surface area contributed by atoms with E-state index in [-0.39, 0.29) is 25.1 Å².